The monoisotopic (exact) mass is 363 g/mol. The minimum absolute atomic E-state index is 0.153. The summed E-state index contributed by atoms with van der Waals surface area (Å²) in [6.45, 7) is 0. The van der Waals surface area contributed by atoms with Gasteiger partial charge in [0.05, 0.1) is 0 Å². The molecule has 2 nitrogen and oxygen atoms in total. The number of carbonyl (C=O) groups is 1. The molecule has 0 bridgehead atoms. The van der Waals surface area contributed by atoms with Crippen LogP contribution in [0.5, 0.6) is 0 Å². The fourth-order valence-corrected chi connectivity index (χ4v) is 2.25. The Labute approximate surface area is 127 Å². The molecule has 0 aliphatic heterocycles. The van der Waals surface area contributed by atoms with Gasteiger partial charge in [0.2, 0.25) is 5.78 Å². The summed E-state index contributed by atoms with van der Waals surface area (Å²) in [5.41, 5.74) is -9.80. The van der Waals surface area contributed by atoms with E-state index < -0.39 is 64.3 Å². The Balaban J connectivity index is 2.61. The summed E-state index contributed by atoms with van der Waals surface area (Å²) in [6, 6.07) is 0.609. The number of allylic oxidation sites excluding steroid dienone is 1. The molecule has 0 amide bonds. The zero-order valence-corrected chi connectivity index (χ0v) is 11.1. The highest BCUT2D eigenvalue weighted by atomic mass is 19.4. The van der Waals surface area contributed by atoms with E-state index in [1.165, 1.54) is 0 Å². The molecule has 1 aromatic carbocycles. The first-order chi connectivity index (χ1) is 10.7. The highest BCUT2D eigenvalue weighted by Gasteiger charge is 2.77. The molecule has 0 saturated heterocycles. The number of Topliss-reactive ketones (excluding diaryl/α,β-unsaturated/α-hetero) is 1. The Hall–Kier alpha value is -2.20. The summed E-state index contributed by atoms with van der Waals surface area (Å²) >= 11 is 0. The molecule has 24 heavy (non-hydrogen) atoms. The second-order valence-corrected chi connectivity index (χ2v) is 4.89. The smallest absolute Gasteiger partial charge is 0.439 e. The molecule has 0 N–H and O–H groups in total. The SMILES string of the molecule is O=C(C1=C([O-])c2c(F)cc(F)cc2C1)C(F)(C(F)(F)F)C(F)(F)F. The quantitative estimate of drug-likeness (QED) is 0.758. The van der Waals surface area contributed by atoms with Crippen LogP contribution in [-0.2, 0) is 11.2 Å². The Morgan fingerprint density at radius 1 is 0.958 bits per heavy atom. The van der Waals surface area contributed by atoms with Gasteiger partial charge in [0.25, 0.3) is 0 Å². The van der Waals surface area contributed by atoms with Crippen molar-refractivity contribution in [1.82, 2.24) is 0 Å². The average Bonchev–Trinajstić information content (AvgIpc) is 2.71. The van der Waals surface area contributed by atoms with Crippen LogP contribution >= 0.6 is 0 Å². The van der Waals surface area contributed by atoms with E-state index in [-0.39, 0.29) is 6.07 Å². The summed E-state index contributed by atoms with van der Waals surface area (Å²) in [5.74, 6) is -7.89. The molecule has 0 radical (unpaired) electrons. The van der Waals surface area contributed by atoms with Crippen molar-refractivity contribution >= 4 is 11.5 Å². The maximum absolute atomic E-state index is 13.7. The van der Waals surface area contributed by atoms with Gasteiger partial charge >= 0.3 is 18.0 Å². The van der Waals surface area contributed by atoms with E-state index in [0.29, 0.717) is 6.07 Å². The third-order valence-electron chi connectivity index (χ3n) is 3.37. The first-order valence-corrected chi connectivity index (χ1v) is 5.97. The van der Waals surface area contributed by atoms with Gasteiger partial charge in [-0.3, -0.25) is 4.79 Å². The molecule has 0 saturated carbocycles. The van der Waals surface area contributed by atoms with Crippen molar-refractivity contribution in [3.63, 3.8) is 0 Å². The first-order valence-electron chi connectivity index (χ1n) is 5.97. The number of benzene rings is 1. The van der Waals surface area contributed by atoms with Crippen molar-refractivity contribution in [3.8, 4) is 0 Å². The third kappa shape index (κ3) is 2.42. The molecule has 0 aromatic heterocycles. The lowest BCUT2D eigenvalue weighted by Gasteiger charge is -2.29. The highest BCUT2D eigenvalue weighted by molar-refractivity contribution is 6.09. The van der Waals surface area contributed by atoms with Gasteiger partial charge in [0, 0.05) is 18.1 Å². The van der Waals surface area contributed by atoms with Crippen molar-refractivity contribution in [3.05, 3.63) is 40.5 Å². The van der Waals surface area contributed by atoms with Crippen LogP contribution in [0.2, 0.25) is 0 Å². The molecule has 0 unspecified atom stereocenters. The van der Waals surface area contributed by atoms with Crippen LogP contribution in [0.3, 0.4) is 0 Å². The topological polar surface area (TPSA) is 40.1 Å². The number of alkyl halides is 7. The summed E-state index contributed by atoms with van der Waals surface area (Å²) in [4.78, 5) is 11.5. The summed E-state index contributed by atoms with van der Waals surface area (Å²) < 4.78 is 115. The molecule has 0 spiro atoms. The van der Waals surface area contributed by atoms with E-state index in [4.69, 9.17) is 0 Å². The minimum Gasteiger partial charge on any atom is -0.872 e. The van der Waals surface area contributed by atoms with Gasteiger partial charge in [-0.15, -0.1) is 0 Å². The zero-order chi connectivity index (χ0) is 18.7. The molecular formula is C13H4F9O2-. The fraction of sp³-hybridized carbons (Fsp3) is 0.308. The molecule has 1 aromatic rings. The van der Waals surface area contributed by atoms with Crippen molar-refractivity contribution in [2.45, 2.75) is 24.4 Å². The maximum Gasteiger partial charge on any atom is 0.439 e. The van der Waals surface area contributed by atoms with Crippen LogP contribution in [0.4, 0.5) is 39.5 Å². The van der Waals surface area contributed by atoms with Gasteiger partial charge in [0.1, 0.15) is 11.6 Å². The second-order valence-electron chi connectivity index (χ2n) is 4.89. The number of hydrogen-bond donors (Lipinski definition) is 0. The number of halogens is 9. The van der Waals surface area contributed by atoms with Crippen LogP contribution in [0.15, 0.2) is 17.7 Å². The highest BCUT2D eigenvalue weighted by Crippen LogP contribution is 2.49. The van der Waals surface area contributed by atoms with E-state index in [9.17, 15) is 49.4 Å². The van der Waals surface area contributed by atoms with Crippen LogP contribution in [-0.4, -0.2) is 23.8 Å². The molecule has 0 fully saturated rings. The lowest BCUT2D eigenvalue weighted by Crippen LogP contribution is -2.59. The molecular weight excluding hydrogens is 359 g/mol. The van der Waals surface area contributed by atoms with Crippen molar-refractivity contribution in [2.24, 2.45) is 0 Å². The van der Waals surface area contributed by atoms with Crippen LogP contribution in [0, 0.1) is 11.6 Å². The lowest BCUT2D eigenvalue weighted by molar-refractivity contribution is -0.324. The van der Waals surface area contributed by atoms with Gasteiger partial charge in [0.15, 0.2) is 0 Å². The second kappa shape index (κ2) is 5.15. The van der Waals surface area contributed by atoms with Gasteiger partial charge in [-0.25, -0.2) is 13.2 Å². The van der Waals surface area contributed by atoms with Gasteiger partial charge in [-0.1, -0.05) is 5.76 Å². The van der Waals surface area contributed by atoms with Gasteiger partial charge in [-0.2, -0.15) is 26.3 Å². The van der Waals surface area contributed by atoms with E-state index in [0.717, 1.165) is 0 Å². The maximum atomic E-state index is 13.7. The molecule has 11 heteroatoms. The number of ketones is 1. The number of rotatable bonds is 2. The predicted molar refractivity (Wildman–Crippen MR) is 57.9 cm³/mol. The number of fused-ring (bicyclic) bond motifs is 1. The van der Waals surface area contributed by atoms with Crippen LogP contribution in [0.25, 0.3) is 5.76 Å². The largest absolute Gasteiger partial charge is 0.872 e. The predicted octanol–water partition coefficient (Wildman–Crippen LogP) is 2.99. The van der Waals surface area contributed by atoms with E-state index in [1.807, 2.05) is 0 Å². The first kappa shape index (κ1) is 18.1. The summed E-state index contributed by atoms with van der Waals surface area (Å²) in [7, 11) is 0. The van der Waals surface area contributed by atoms with Gasteiger partial charge < -0.3 is 5.11 Å². The van der Waals surface area contributed by atoms with Crippen molar-refractivity contribution in [2.75, 3.05) is 0 Å². The molecule has 132 valence electrons. The number of carbonyl (C=O) groups excluding carboxylic acids is 1. The number of hydrogen-bond acceptors (Lipinski definition) is 2. The Morgan fingerprint density at radius 2 is 1.46 bits per heavy atom. The minimum atomic E-state index is -6.70. The Kier molecular flexibility index (Phi) is 3.89. The molecule has 1 aliphatic carbocycles. The van der Waals surface area contributed by atoms with Crippen LogP contribution in [0.1, 0.15) is 11.1 Å². The Morgan fingerprint density at radius 3 is 1.92 bits per heavy atom. The summed E-state index contributed by atoms with van der Waals surface area (Å²) in [6.07, 6.45) is -14.7. The third-order valence-corrected chi connectivity index (χ3v) is 3.37. The molecule has 0 heterocycles. The van der Waals surface area contributed by atoms with E-state index in [1.54, 1.807) is 0 Å². The molecule has 2 rings (SSSR count). The summed E-state index contributed by atoms with van der Waals surface area (Å²) in [5, 5.41) is 11.7. The van der Waals surface area contributed by atoms with E-state index in [2.05, 4.69) is 0 Å². The van der Waals surface area contributed by atoms with Crippen LogP contribution < -0.4 is 5.11 Å². The molecule has 0 atom stereocenters. The fourth-order valence-electron chi connectivity index (χ4n) is 2.25. The standard InChI is InChI=1S/C13H5F9O2/c14-5-1-4-2-6(9(23)8(4)7(15)3-5)10(24)11(16,12(17,18)19)13(20,21)22/h1,3,23H,2H2/p-1. The molecule has 1 aliphatic rings. The van der Waals surface area contributed by atoms with E-state index >= 15 is 0 Å². The Bertz CT molecular complexity index is 729. The normalized spacial score (nSPS) is 15.7. The van der Waals surface area contributed by atoms with Crippen molar-refractivity contribution in [1.29, 1.82) is 0 Å². The van der Waals surface area contributed by atoms with Crippen molar-refractivity contribution < 1.29 is 49.4 Å². The zero-order valence-electron chi connectivity index (χ0n) is 11.1. The average molecular weight is 363 g/mol. The lowest BCUT2D eigenvalue weighted by atomic mass is 9.91. The van der Waals surface area contributed by atoms with Gasteiger partial charge in [-0.05, 0) is 17.2 Å².